The molecular formula is C16H24N2O. The molecule has 19 heavy (non-hydrogen) atoms. The van der Waals surface area contributed by atoms with Crippen molar-refractivity contribution in [2.75, 3.05) is 11.9 Å². The van der Waals surface area contributed by atoms with Crippen molar-refractivity contribution in [2.45, 2.75) is 47.1 Å². The Hall–Kier alpha value is -1.51. The molecule has 0 bridgehead atoms. The number of hydrogen-bond donors (Lipinski definition) is 1. The van der Waals surface area contributed by atoms with E-state index in [0.717, 1.165) is 12.2 Å². The van der Waals surface area contributed by atoms with Gasteiger partial charge in [-0.25, -0.2) is 4.79 Å². The Bertz CT molecular complexity index is 517. The number of likely N-dealkylation sites (tertiary alicyclic amines) is 1. The van der Waals surface area contributed by atoms with Crippen molar-refractivity contribution in [2.24, 2.45) is 5.41 Å². The second-order valence-corrected chi connectivity index (χ2v) is 6.76. The van der Waals surface area contributed by atoms with Crippen LogP contribution in [-0.2, 0) is 0 Å². The molecule has 0 aromatic heterocycles. The summed E-state index contributed by atoms with van der Waals surface area (Å²) in [6.07, 6.45) is 0. The van der Waals surface area contributed by atoms with E-state index >= 15 is 0 Å². The van der Waals surface area contributed by atoms with Crippen LogP contribution in [0.1, 0.15) is 38.8 Å². The summed E-state index contributed by atoms with van der Waals surface area (Å²) < 4.78 is 0. The van der Waals surface area contributed by atoms with E-state index in [-0.39, 0.29) is 17.0 Å². The molecule has 0 unspecified atom stereocenters. The van der Waals surface area contributed by atoms with E-state index < -0.39 is 0 Å². The highest BCUT2D eigenvalue weighted by Crippen LogP contribution is 2.46. The van der Waals surface area contributed by atoms with Gasteiger partial charge in [0.05, 0.1) is 0 Å². The van der Waals surface area contributed by atoms with Gasteiger partial charge in [-0.2, -0.15) is 0 Å². The van der Waals surface area contributed by atoms with Gasteiger partial charge in [-0.15, -0.1) is 0 Å². The zero-order valence-electron chi connectivity index (χ0n) is 12.8. The van der Waals surface area contributed by atoms with Crippen LogP contribution in [0.5, 0.6) is 0 Å². The average Bonchev–Trinajstić information content (AvgIpc) is 2.31. The molecule has 0 radical (unpaired) electrons. The first-order valence-corrected chi connectivity index (χ1v) is 6.81. The highest BCUT2D eigenvalue weighted by atomic mass is 16.2. The monoisotopic (exact) mass is 260 g/mol. The van der Waals surface area contributed by atoms with Crippen molar-refractivity contribution in [3.8, 4) is 0 Å². The molecule has 0 aliphatic carbocycles. The highest BCUT2D eigenvalue weighted by Gasteiger charge is 2.54. The Morgan fingerprint density at radius 2 is 1.79 bits per heavy atom. The fraction of sp³-hybridized carbons (Fsp3) is 0.562. The summed E-state index contributed by atoms with van der Waals surface area (Å²) in [5.74, 6) is 0. The molecule has 1 saturated heterocycles. The van der Waals surface area contributed by atoms with Crippen LogP contribution in [0.4, 0.5) is 10.5 Å². The van der Waals surface area contributed by atoms with E-state index in [1.54, 1.807) is 0 Å². The van der Waals surface area contributed by atoms with Gasteiger partial charge in [0.1, 0.15) is 0 Å². The lowest BCUT2D eigenvalue weighted by atomic mass is 9.65. The number of amides is 2. The fourth-order valence-electron chi connectivity index (χ4n) is 2.40. The number of nitrogens with one attached hydrogen (secondary N) is 1. The second kappa shape index (κ2) is 4.26. The summed E-state index contributed by atoms with van der Waals surface area (Å²) in [5.41, 5.74) is 3.38. The average molecular weight is 260 g/mol. The molecule has 1 heterocycles. The van der Waals surface area contributed by atoms with Crippen LogP contribution < -0.4 is 5.32 Å². The summed E-state index contributed by atoms with van der Waals surface area (Å²) in [7, 11) is 0. The molecule has 1 aliphatic rings. The van der Waals surface area contributed by atoms with Crippen molar-refractivity contribution in [3.63, 3.8) is 0 Å². The third kappa shape index (κ3) is 2.22. The molecule has 0 saturated carbocycles. The zero-order chi connectivity index (χ0) is 14.4. The van der Waals surface area contributed by atoms with Gasteiger partial charge in [-0.05, 0) is 51.0 Å². The molecule has 1 aromatic carbocycles. The first-order chi connectivity index (χ1) is 8.65. The number of benzene rings is 1. The first-order valence-electron chi connectivity index (χ1n) is 6.81. The van der Waals surface area contributed by atoms with Crippen molar-refractivity contribution < 1.29 is 4.79 Å². The van der Waals surface area contributed by atoms with E-state index in [2.05, 4.69) is 46.9 Å². The lowest BCUT2D eigenvalue weighted by Gasteiger charge is -2.60. The summed E-state index contributed by atoms with van der Waals surface area (Å²) in [6.45, 7) is 13.6. The SMILES string of the molecule is Cc1ccc(NC(=O)N2CC(C)(C)C2(C)C)cc1C. The van der Waals surface area contributed by atoms with Gasteiger partial charge >= 0.3 is 6.03 Å². The summed E-state index contributed by atoms with van der Waals surface area (Å²) in [5, 5.41) is 2.99. The van der Waals surface area contributed by atoms with Crippen LogP contribution in [0.25, 0.3) is 0 Å². The smallest absolute Gasteiger partial charge is 0.318 e. The maximum Gasteiger partial charge on any atom is 0.322 e. The summed E-state index contributed by atoms with van der Waals surface area (Å²) >= 11 is 0. The third-order valence-electron chi connectivity index (χ3n) is 4.89. The number of nitrogens with zero attached hydrogens (tertiary/aromatic N) is 1. The van der Waals surface area contributed by atoms with Crippen molar-refractivity contribution in [3.05, 3.63) is 29.3 Å². The number of rotatable bonds is 1. The summed E-state index contributed by atoms with van der Waals surface area (Å²) in [6, 6.07) is 6.01. The Morgan fingerprint density at radius 1 is 1.16 bits per heavy atom. The fourth-order valence-corrected chi connectivity index (χ4v) is 2.40. The maximum absolute atomic E-state index is 12.3. The van der Waals surface area contributed by atoms with Crippen LogP contribution in [-0.4, -0.2) is 23.0 Å². The highest BCUT2D eigenvalue weighted by molar-refractivity contribution is 5.90. The molecule has 1 aliphatic heterocycles. The molecule has 1 fully saturated rings. The number of aryl methyl sites for hydroxylation is 2. The minimum atomic E-state index is -0.100. The lowest BCUT2D eigenvalue weighted by molar-refractivity contribution is -0.0770. The van der Waals surface area contributed by atoms with E-state index in [9.17, 15) is 4.79 Å². The van der Waals surface area contributed by atoms with Gasteiger partial charge in [0, 0.05) is 23.2 Å². The number of anilines is 1. The molecule has 1 N–H and O–H groups in total. The van der Waals surface area contributed by atoms with Gasteiger partial charge in [-0.3, -0.25) is 0 Å². The quantitative estimate of drug-likeness (QED) is 0.814. The molecule has 0 spiro atoms. The maximum atomic E-state index is 12.3. The first kappa shape index (κ1) is 13.9. The molecule has 1 aromatic rings. The van der Waals surface area contributed by atoms with E-state index in [1.165, 1.54) is 11.1 Å². The number of urea groups is 1. The lowest BCUT2D eigenvalue weighted by Crippen LogP contribution is -2.71. The van der Waals surface area contributed by atoms with Gasteiger partial charge in [-0.1, -0.05) is 19.9 Å². The molecule has 2 rings (SSSR count). The predicted molar refractivity (Wildman–Crippen MR) is 79.5 cm³/mol. The van der Waals surface area contributed by atoms with E-state index in [1.807, 2.05) is 23.1 Å². The Morgan fingerprint density at radius 3 is 2.26 bits per heavy atom. The standard InChI is InChI=1S/C16H24N2O/c1-11-7-8-13(9-12(11)2)17-14(19)18-10-15(3,4)16(18,5)6/h7-9H,10H2,1-6H3,(H,17,19). The van der Waals surface area contributed by atoms with Crippen LogP contribution in [0.3, 0.4) is 0 Å². The Labute approximate surface area is 116 Å². The molecule has 0 atom stereocenters. The molecular weight excluding hydrogens is 236 g/mol. The topological polar surface area (TPSA) is 32.3 Å². The minimum absolute atomic E-state index is 0.00687. The molecule has 3 heteroatoms. The predicted octanol–water partition coefficient (Wildman–Crippen LogP) is 3.96. The van der Waals surface area contributed by atoms with Crippen molar-refractivity contribution in [1.29, 1.82) is 0 Å². The van der Waals surface area contributed by atoms with Crippen molar-refractivity contribution in [1.82, 2.24) is 4.90 Å². The van der Waals surface area contributed by atoms with Crippen LogP contribution in [0, 0.1) is 19.3 Å². The van der Waals surface area contributed by atoms with Gasteiger partial charge in [0.2, 0.25) is 0 Å². The number of carbonyl (C=O) groups excluding carboxylic acids is 1. The Kier molecular flexibility index (Phi) is 3.12. The molecule has 2 amide bonds. The number of hydrogen-bond acceptors (Lipinski definition) is 1. The van der Waals surface area contributed by atoms with Crippen LogP contribution in [0.2, 0.25) is 0 Å². The number of carbonyl (C=O) groups is 1. The van der Waals surface area contributed by atoms with Gasteiger partial charge in [0.25, 0.3) is 0 Å². The van der Waals surface area contributed by atoms with Gasteiger partial charge < -0.3 is 10.2 Å². The van der Waals surface area contributed by atoms with Crippen LogP contribution in [0.15, 0.2) is 18.2 Å². The zero-order valence-corrected chi connectivity index (χ0v) is 12.8. The van der Waals surface area contributed by atoms with Crippen molar-refractivity contribution >= 4 is 11.7 Å². The second-order valence-electron chi connectivity index (χ2n) is 6.76. The molecule has 3 nitrogen and oxygen atoms in total. The minimum Gasteiger partial charge on any atom is -0.318 e. The normalized spacial score (nSPS) is 19.8. The van der Waals surface area contributed by atoms with E-state index in [4.69, 9.17) is 0 Å². The van der Waals surface area contributed by atoms with Gasteiger partial charge in [0.15, 0.2) is 0 Å². The van der Waals surface area contributed by atoms with E-state index in [0.29, 0.717) is 0 Å². The third-order valence-corrected chi connectivity index (χ3v) is 4.89. The Balaban J connectivity index is 2.09. The van der Waals surface area contributed by atoms with Crippen LogP contribution >= 0.6 is 0 Å². The summed E-state index contributed by atoms with van der Waals surface area (Å²) in [4.78, 5) is 14.2. The molecule has 104 valence electrons. The largest absolute Gasteiger partial charge is 0.322 e.